The van der Waals surface area contributed by atoms with Crippen LogP contribution in [0.4, 0.5) is 11.4 Å². The van der Waals surface area contributed by atoms with Crippen LogP contribution < -0.4 is 11.5 Å². The maximum Gasteiger partial charge on any atom is 0.195 e. The Balaban J connectivity index is 1.49. The molecule has 0 saturated carbocycles. The van der Waals surface area contributed by atoms with E-state index in [9.17, 15) is 0 Å². The van der Waals surface area contributed by atoms with Gasteiger partial charge in [-0.15, -0.1) is 0 Å². The normalized spacial score (nSPS) is 11.6. The lowest BCUT2D eigenvalue weighted by atomic mass is 10.2. The molecule has 0 unspecified atom stereocenters. The lowest BCUT2D eigenvalue weighted by molar-refractivity contribution is 0.488. The van der Waals surface area contributed by atoms with E-state index in [1.807, 2.05) is 38.1 Å². The van der Waals surface area contributed by atoms with Crippen LogP contribution in [0.5, 0.6) is 0 Å². The molecule has 6 nitrogen and oxygen atoms in total. The molecule has 0 aliphatic heterocycles. The summed E-state index contributed by atoms with van der Waals surface area (Å²) >= 11 is 0. The molecule has 0 aliphatic rings. The van der Waals surface area contributed by atoms with Gasteiger partial charge in [-0.1, -0.05) is 0 Å². The van der Waals surface area contributed by atoms with E-state index in [-0.39, 0.29) is 0 Å². The van der Waals surface area contributed by atoms with Crippen LogP contribution in [-0.2, 0) is 12.8 Å². The number of oxazole rings is 2. The van der Waals surface area contributed by atoms with Gasteiger partial charge in [0.1, 0.15) is 11.0 Å². The summed E-state index contributed by atoms with van der Waals surface area (Å²) in [7, 11) is 0. The Morgan fingerprint density at radius 1 is 0.760 bits per heavy atom. The second kappa shape index (κ2) is 5.81. The number of fused-ring (bicyclic) bond motifs is 2. The Hall–Kier alpha value is -3.02. The average molecular weight is 336 g/mol. The molecule has 4 aromatic rings. The molecule has 25 heavy (non-hydrogen) atoms. The highest BCUT2D eigenvalue weighted by atomic mass is 16.4. The summed E-state index contributed by atoms with van der Waals surface area (Å²) in [5, 5.41) is 0. The lowest BCUT2D eigenvalue weighted by Gasteiger charge is -1.96. The molecule has 4 N–H and O–H groups in total. The molecule has 2 heterocycles. The molecule has 0 atom stereocenters. The van der Waals surface area contributed by atoms with Crippen molar-refractivity contribution in [1.82, 2.24) is 9.97 Å². The van der Waals surface area contributed by atoms with E-state index in [2.05, 4.69) is 9.97 Å². The van der Waals surface area contributed by atoms with Crippen LogP contribution in [0.2, 0.25) is 0 Å². The Morgan fingerprint density at radius 3 is 1.64 bits per heavy atom. The molecule has 0 aliphatic carbocycles. The zero-order chi connectivity index (χ0) is 17.6. The van der Waals surface area contributed by atoms with E-state index in [4.69, 9.17) is 20.3 Å². The van der Waals surface area contributed by atoms with Crippen molar-refractivity contribution in [3.63, 3.8) is 0 Å². The van der Waals surface area contributed by atoms with Crippen LogP contribution in [0.15, 0.2) is 33.1 Å². The van der Waals surface area contributed by atoms with Crippen molar-refractivity contribution in [3.05, 3.63) is 47.2 Å². The van der Waals surface area contributed by atoms with Crippen LogP contribution in [0.3, 0.4) is 0 Å². The molecule has 6 heteroatoms. The van der Waals surface area contributed by atoms with Gasteiger partial charge in [0.25, 0.3) is 0 Å². The van der Waals surface area contributed by atoms with Gasteiger partial charge in [-0.25, -0.2) is 9.97 Å². The average Bonchev–Trinajstić information content (AvgIpc) is 3.11. The van der Waals surface area contributed by atoms with Gasteiger partial charge in [-0.2, -0.15) is 0 Å². The predicted molar refractivity (Wildman–Crippen MR) is 98.3 cm³/mol. The number of nitrogen functional groups attached to an aromatic ring is 2. The summed E-state index contributed by atoms with van der Waals surface area (Å²) in [6.07, 6.45) is 2.27. The van der Waals surface area contributed by atoms with Gasteiger partial charge in [-0.3, -0.25) is 0 Å². The fourth-order valence-electron chi connectivity index (χ4n) is 3.15. The third kappa shape index (κ3) is 2.91. The minimum absolute atomic E-state index is 0.700. The van der Waals surface area contributed by atoms with Crippen molar-refractivity contribution in [2.75, 3.05) is 11.5 Å². The predicted octanol–water partition coefficient (Wildman–Crippen LogP) is 3.93. The zero-order valence-corrected chi connectivity index (χ0v) is 14.3. The maximum absolute atomic E-state index is 5.86. The second-order valence-electron chi connectivity index (χ2n) is 6.44. The van der Waals surface area contributed by atoms with Crippen molar-refractivity contribution in [1.29, 1.82) is 0 Å². The van der Waals surface area contributed by atoms with Gasteiger partial charge in [0.2, 0.25) is 0 Å². The van der Waals surface area contributed by atoms with Gasteiger partial charge < -0.3 is 20.3 Å². The van der Waals surface area contributed by atoms with Crippen molar-refractivity contribution >= 4 is 33.6 Å². The van der Waals surface area contributed by atoms with Crippen molar-refractivity contribution in [2.24, 2.45) is 0 Å². The van der Waals surface area contributed by atoms with Crippen molar-refractivity contribution in [3.8, 4) is 0 Å². The minimum Gasteiger partial charge on any atom is -0.440 e. The number of benzene rings is 2. The molecule has 2 aromatic heterocycles. The SMILES string of the molecule is Cc1cc(N)cc2nc(CCCc3nc4cc(N)cc(C)c4o3)oc12. The summed E-state index contributed by atoms with van der Waals surface area (Å²) in [6.45, 7) is 3.94. The number of hydrogen-bond acceptors (Lipinski definition) is 6. The van der Waals surface area contributed by atoms with E-state index in [0.29, 0.717) is 36.0 Å². The minimum atomic E-state index is 0.700. The number of rotatable bonds is 4. The first-order valence-corrected chi connectivity index (χ1v) is 8.30. The van der Waals surface area contributed by atoms with Crippen LogP contribution >= 0.6 is 0 Å². The number of aryl methyl sites for hydroxylation is 4. The third-order valence-corrected chi connectivity index (χ3v) is 4.27. The Labute approximate surface area is 144 Å². The van der Waals surface area contributed by atoms with Gasteiger partial charge in [0, 0.05) is 24.2 Å². The number of nitrogens with zero attached hydrogens (tertiary/aromatic N) is 2. The molecule has 2 aromatic carbocycles. The summed E-state index contributed by atoms with van der Waals surface area (Å²) in [6, 6.07) is 7.46. The first-order valence-electron chi connectivity index (χ1n) is 8.30. The first-order chi connectivity index (χ1) is 12.0. The Kier molecular flexibility index (Phi) is 3.60. The van der Waals surface area contributed by atoms with Crippen molar-refractivity contribution < 1.29 is 8.83 Å². The van der Waals surface area contributed by atoms with Gasteiger partial charge in [0.05, 0.1) is 0 Å². The topological polar surface area (TPSA) is 104 Å². The summed E-state index contributed by atoms with van der Waals surface area (Å²) in [4.78, 5) is 9.04. The van der Waals surface area contributed by atoms with Crippen LogP contribution in [0.25, 0.3) is 22.2 Å². The van der Waals surface area contributed by atoms with Crippen LogP contribution in [-0.4, -0.2) is 9.97 Å². The van der Waals surface area contributed by atoms with E-state index < -0.39 is 0 Å². The van der Waals surface area contributed by atoms with E-state index in [1.165, 1.54) is 0 Å². The van der Waals surface area contributed by atoms with Crippen LogP contribution in [0.1, 0.15) is 29.3 Å². The van der Waals surface area contributed by atoms with Gasteiger partial charge >= 0.3 is 0 Å². The highest BCUT2D eigenvalue weighted by Crippen LogP contribution is 2.25. The second-order valence-corrected chi connectivity index (χ2v) is 6.44. The summed E-state index contributed by atoms with van der Waals surface area (Å²) in [5.74, 6) is 1.42. The quantitative estimate of drug-likeness (QED) is 0.547. The molecule has 0 amide bonds. The Bertz CT molecular complexity index is 992. The first kappa shape index (κ1) is 15.5. The van der Waals surface area contributed by atoms with E-state index in [0.717, 1.165) is 39.7 Å². The summed E-state index contributed by atoms with van der Waals surface area (Å²) in [5.41, 5.74) is 18.3. The third-order valence-electron chi connectivity index (χ3n) is 4.27. The number of nitrogens with two attached hydrogens (primary N) is 2. The highest BCUT2D eigenvalue weighted by Gasteiger charge is 2.12. The van der Waals surface area contributed by atoms with Gasteiger partial charge in [0.15, 0.2) is 22.9 Å². The van der Waals surface area contributed by atoms with Crippen LogP contribution in [0, 0.1) is 13.8 Å². The van der Waals surface area contributed by atoms with Crippen molar-refractivity contribution in [2.45, 2.75) is 33.1 Å². The fraction of sp³-hybridized carbons (Fsp3) is 0.263. The highest BCUT2D eigenvalue weighted by molar-refractivity contribution is 5.81. The van der Waals surface area contributed by atoms with Gasteiger partial charge in [-0.05, 0) is 55.7 Å². The van der Waals surface area contributed by atoms with E-state index >= 15 is 0 Å². The number of anilines is 2. The molecular formula is C19H20N4O2. The number of aromatic nitrogens is 2. The zero-order valence-electron chi connectivity index (χ0n) is 14.3. The maximum atomic E-state index is 5.86. The molecule has 0 radical (unpaired) electrons. The molecule has 0 spiro atoms. The largest absolute Gasteiger partial charge is 0.440 e. The fourth-order valence-corrected chi connectivity index (χ4v) is 3.15. The molecule has 0 saturated heterocycles. The monoisotopic (exact) mass is 336 g/mol. The lowest BCUT2D eigenvalue weighted by Crippen LogP contribution is -1.90. The summed E-state index contributed by atoms with van der Waals surface area (Å²) < 4.78 is 11.7. The molecule has 0 fully saturated rings. The molecule has 128 valence electrons. The van der Waals surface area contributed by atoms with E-state index in [1.54, 1.807) is 0 Å². The molecular weight excluding hydrogens is 316 g/mol. The molecule has 0 bridgehead atoms. The molecule has 4 rings (SSSR count). The Morgan fingerprint density at radius 2 is 1.20 bits per heavy atom. The number of hydrogen-bond donors (Lipinski definition) is 2. The smallest absolute Gasteiger partial charge is 0.195 e. The standard InChI is InChI=1S/C19H20N4O2/c1-10-6-12(20)8-14-18(10)24-16(22-14)4-3-5-17-23-15-9-13(21)7-11(2)19(15)25-17/h6-9H,3-5,20-21H2,1-2H3.